The minimum atomic E-state index is -4.70. The van der Waals surface area contributed by atoms with Crippen LogP contribution in [0.3, 0.4) is 0 Å². The number of rotatable bonds is 5. The van der Waals surface area contributed by atoms with Crippen LogP contribution in [0.4, 0.5) is 37.7 Å². The highest BCUT2D eigenvalue weighted by atomic mass is 19.4. The first-order chi connectivity index (χ1) is 12.1. The Morgan fingerprint density at radius 2 is 1.92 bits per heavy atom. The third-order valence-corrected chi connectivity index (χ3v) is 2.90. The number of halogens is 6. The standard InChI is InChI=1S/C13H9F6N7/c14-12(15,16)6-22-9-2-1-8(13(17,18)19)3-10(9)21-5-7(4-20)11-23-25-26-24-11/h1-3,5,21-22H,6H2,(H,23,24,25,26). The van der Waals surface area contributed by atoms with Crippen LogP contribution < -0.4 is 10.6 Å². The molecule has 2 aromatic rings. The maximum atomic E-state index is 12.8. The van der Waals surface area contributed by atoms with Gasteiger partial charge in [0.25, 0.3) is 0 Å². The maximum absolute atomic E-state index is 12.8. The third kappa shape index (κ3) is 5.10. The summed E-state index contributed by atoms with van der Waals surface area (Å²) in [5, 5.41) is 25.7. The van der Waals surface area contributed by atoms with Gasteiger partial charge in [-0.2, -0.15) is 36.8 Å². The molecule has 0 saturated heterocycles. The number of alkyl halides is 6. The van der Waals surface area contributed by atoms with Crippen molar-refractivity contribution in [1.82, 2.24) is 20.6 Å². The molecule has 0 saturated carbocycles. The molecule has 1 heterocycles. The number of hydrogen-bond acceptors (Lipinski definition) is 6. The first-order valence-electron chi connectivity index (χ1n) is 6.72. The summed E-state index contributed by atoms with van der Waals surface area (Å²) in [5.74, 6) is -0.142. The highest BCUT2D eigenvalue weighted by molar-refractivity contribution is 5.77. The predicted molar refractivity (Wildman–Crippen MR) is 77.4 cm³/mol. The van der Waals surface area contributed by atoms with Crippen LogP contribution in [0.15, 0.2) is 24.4 Å². The number of H-pyrrole nitrogens is 1. The van der Waals surface area contributed by atoms with E-state index in [2.05, 4.69) is 25.9 Å². The van der Waals surface area contributed by atoms with Gasteiger partial charge in [-0.15, -0.1) is 10.2 Å². The Labute approximate surface area is 141 Å². The fourth-order valence-corrected chi connectivity index (χ4v) is 1.76. The van der Waals surface area contributed by atoms with E-state index in [1.807, 2.05) is 5.32 Å². The zero-order valence-electron chi connectivity index (χ0n) is 12.6. The second-order valence-corrected chi connectivity index (χ2v) is 4.78. The fourth-order valence-electron chi connectivity index (χ4n) is 1.76. The molecule has 3 N–H and O–H groups in total. The average Bonchev–Trinajstić information content (AvgIpc) is 3.06. The van der Waals surface area contributed by atoms with Gasteiger partial charge >= 0.3 is 12.4 Å². The number of nitrogens with zero attached hydrogens (tertiary/aromatic N) is 4. The number of benzene rings is 1. The van der Waals surface area contributed by atoms with E-state index in [1.165, 1.54) is 0 Å². The number of tetrazole rings is 1. The van der Waals surface area contributed by atoms with Crippen molar-refractivity contribution >= 4 is 16.9 Å². The van der Waals surface area contributed by atoms with Crippen molar-refractivity contribution in [3.05, 3.63) is 35.8 Å². The lowest BCUT2D eigenvalue weighted by Crippen LogP contribution is -2.21. The minimum Gasteiger partial charge on any atom is -0.375 e. The summed E-state index contributed by atoms with van der Waals surface area (Å²) >= 11 is 0. The molecule has 0 atom stereocenters. The van der Waals surface area contributed by atoms with E-state index in [1.54, 1.807) is 6.07 Å². The molecule has 0 aliphatic carbocycles. The van der Waals surface area contributed by atoms with E-state index >= 15 is 0 Å². The Kier molecular flexibility index (Phi) is 5.34. The van der Waals surface area contributed by atoms with E-state index in [0.29, 0.717) is 12.1 Å². The number of nitriles is 1. The summed E-state index contributed by atoms with van der Waals surface area (Å²) in [5.41, 5.74) is -1.83. The summed E-state index contributed by atoms with van der Waals surface area (Å²) in [6.07, 6.45) is -8.31. The maximum Gasteiger partial charge on any atom is 0.416 e. The largest absolute Gasteiger partial charge is 0.416 e. The smallest absolute Gasteiger partial charge is 0.375 e. The molecule has 0 aliphatic rings. The Hall–Kier alpha value is -3.30. The third-order valence-electron chi connectivity index (χ3n) is 2.90. The van der Waals surface area contributed by atoms with Gasteiger partial charge in [-0.05, 0) is 23.4 Å². The lowest BCUT2D eigenvalue weighted by Gasteiger charge is -2.16. The van der Waals surface area contributed by atoms with Gasteiger partial charge in [-0.3, -0.25) is 0 Å². The molecule has 138 valence electrons. The quantitative estimate of drug-likeness (QED) is 0.546. The van der Waals surface area contributed by atoms with Crippen LogP contribution in [-0.2, 0) is 6.18 Å². The molecule has 0 spiro atoms. The van der Waals surface area contributed by atoms with Gasteiger partial charge in [0.1, 0.15) is 18.2 Å². The highest BCUT2D eigenvalue weighted by Gasteiger charge is 2.32. The van der Waals surface area contributed by atoms with Crippen molar-refractivity contribution in [2.45, 2.75) is 12.4 Å². The molecule has 7 nitrogen and oxygen atoms in total. The van der Waals surface area contributed by atoms with Crippen LogP contribution in [0.1, 0.15) is 11.4 Å². The molecule has 13 heteroatoms. The van der Waals surface area contributed by atoms with Crippen LogP contribution in [0, 0.1) is 11.3 Å². The molecule has 0 aliphatic heterocycles. The second kappa shape index (κ2) is 7.30. The highest BCUT2D eigenvalue weighted by Crippen LogP contribution is 2.34. The molecule has 0 fully saturated rings. The average molecular weight is 377 g/mol. The lowest BCUT2D eigenvalue weighted by atomic mass is 10.1. The molecular formula is C13H9F6N7. The molecule has 1 aromatic carbocycles. The van der Waals surface area contributed by atoms with E-state index in [9.17, 15) is 26.3 Å². The fraction of sp³-hybridized carbons (Fsp3) is 0.231. The summed E-state index contributed by atoms with van der Waals surface area (Å²) in [7, 11) is 0. The second-order valence-electron chi connectivity index (χ2n) is 4.78. The first kappa shape index (κ1) is 19.0. The van der Waals surface area contributed by atoms with Gasteiger partial charge in [0.2, 0.25) is 5.82 Å². The topological polar surface area (TPSA) is 102 Å². The van der Waals surface area contributed by atoms with E-state index in [4.69, 9.17) is 5.26 Å². The van der Waals surface area contributed by atoms with Gasteiger partial charge in [0.15, 0.2) is 0 Å². The van der Waals surface area contributed by atoms with Crippen molar-refractivity contribution in [2.75, 3.05) is 17.2 Å². The molecule has 0 unspecified atom stereocenters. The SMILES string of the molecule is N#CC(=CNc1cc(C(F)(F)F)ccc1NCC(F)(F)F)c1nn[nH]n1. The van der Waals surface area contributed by atoms with Gasteiger partial charge < -0.3 is 10.6 Å². The number of hydrogen-bond donors (Lipinski definition) is 3. The molecular weight excluding hydrogens is 368 g/mol. The van der Waals surface area contributed by atoms with Crippen LogP contribution in [-0.4, -0.2) is 33.3 Å². The number of aromatic nitrogens is 4. The predicted octanol–water partition coefficient (Wildman–Crippen LogP) is 3.17. The summed E-state index contributed by atoms with van der Waals surface area (Å²) < 4.78 is 75.6. The van der Waals surface area contributed by atoms with Crippen molar-refractivity contribution < 1.29 is 26.3 Å². The van der Waals surface area contributed by atoms with Crippen molar-refractivity contribution in [3.8, 4) is 6.07 Å². The minimum absolute atomic E-state index is 0.142. The van der Waals surface area contributed by atoms with Gasteiger partial charge in [0.05, 0.1) is 16.9 Å². The number of allylic oxidation sites excluding steroid dienone is 1. The van der Waals surface area contributed by atoms with Crippen LogP contribution in [0.2, 0.25) is 0 Å². The summed E-state index contributed by atoms with van der Waals surface area (Å²) in [4.78, 5) is 0. The Morgan fingerprint density at radius 3 is 2.46 bits per heavy atom. The Balaban J connectivity index is 2.34. The molecule has 0 bridgehead atoms. The Bertz CT molecular complexity index is 817. The normalized spacial score (nSPS) is 12.6. The van der Waals surface area contributed by atoms with Gasteiger partial charge in [-0.25, -0.2) is 0 Å². The number of aromatic amines is 1. The first-order valence-corrected chi connectivity index (χ1v) is 6.72. The van der Waals surface area contributed by atoms with Crippen LogP contribution in [0.5, 0.6) is 0 Å². The number of nitrogens with one attached hydrogen (secondary N) is 3. The zero-order valence-corrected chi connectivity index (χ0v) is 12.6. The van der Waals surface area contributed by atoms with Crippen LogP contribution in [0.25, 0.3) is 5.57 Å². The van der Waals surface area contributed by atoms with E-state index in [-0.39, 0.29) is 22.8 Å². The van der Waals surface area contributed by atoms with E-state index in [0.717, 1.165) is 12.3 Å². The lowest BCUT2D eigenvalue weighted by molar-refractivity contribution is -0.137. The van der Waals surface area contributed by atoms with Crippen LogP contribution >= 0.6 is 0 Å². The monoisotopic (exact) mass is 377 g/mol. The Morgan fingerprint density at radius 1 is 1.19 bits per heavy atom. The van der Waals surface area contributed by atoms with Crippen molar-refractivity contribution in [3.63, 3.8) is 0 Å². The molecule has 0 radical (unpaired) electrons. The van der Waals surface area contributed by atoms with Crippen molar-refractivity contribution in [2.24, 2.45) is 0 Å². The van der Waals surface area contributed by atoms with Gasteiger partial charge in [-0.1, -0.05) is 0 Å². The van der Waals surface area contributed by atoms with E-state index < -0.39 is 24.5 Å². The zero-order chi connectivity index (χ0) is 19.4. The molecule has 0 amide bonds. The summed E-state index contributed by atoms with van der Waals surface area (Å²) in [6.45, 7) is -1.45. The molecule has 26 heavy (non-hydrogen) atoms. The van der Waals surface area contributed by atoms with Gasteiger partial charge in [0, 0.05) is 6.20 Å². The molecule has 2 rings (SSSR count). The molecule has 1 aromatic heterocycles. The number of anilines is 2. The summed E-state index contributed by atoms with van der Waals surface area (Å²) in [6, 6.07) is 3.79. The van der Waals surface area contributed by atoms with Crippen molar-refractivity contribution in [1.29, 1.82) is 5.26 Å².